The summed E-state index contributed by atoms with van der Waals surface area (Å²) in [5, 5.41) is 3.18. The maximum Gasteiger partial charge on any atom is 0.224 e. The van der Waals surface area contributed by atoms with Gasteiger partial charge in [-0.15, -0.1) is 0 Å². The van der Waals surface area contributed by atoms with Crippen LogP contribution in [0.3, 0.4) is 0 Å². The second kappa shape index (κ2) is 9.18. The lowest BCUT2D eigenvalue weighted by atomic mass is 9.71. The Kier molecular flexibility index (Phi) is 6.90. The van der Waals surface area contributed by atoms with Crippen molar-refractivity contribution in [2.45, 2.75) is 71.1 Å². The average molecular weight is 374 g/mol. The maximum absolute atomic E-state index is 12.8. The molecule has 5 nitrogen and oxygen atoms in total. The van der Waals surface area contributed by atoms with E-state index in [9.17, 15) is 4.79 Å². The molecule has 1 aromatic rings. The summed E-state index contributed by atoms with van der Waals surface area (Å²) in [6.07, 6.45) is 6.80. The second-order valence-corrected chi connectivity index (χ2v) is 8.60. The summed E-state index contributed by atoms with van der Waals surface area (Å²) in [5.41, 5.74) is 8.15. The lowest BCUT2D eigenvalue weighted by Crippen LogP contribution is -2.44. The molecule has 1 amide bonds. The topological polar surface area (TPSA) is 67.6 Å². The lowest BCUT2D eigenvalue weighted by molar-refractivity contribution is -0.118. The Morgan fingerprint density at radius 2 is 1.85 bits per heavy atom. The number of amides is 1. The van der Waals surface area contributed by atoms with Gasteiger partial charge >= 0.3 is 0 Å². The summed E-state index contributed by atoms with van der Waals surface area (Å²) in [4.78, 5) is 15.2. The molecule has 1 aliphatic carbocycles. The van der Waals surface area contributed by atoms with E-state index in [1.807, 2.05) is 18.2 Å². The standard InChI is InChI=1S/C22H35N3O2/c1-17-13-25(14-18(2)27-17)15-19-8-4-5-9-20(19)24-21(26)12-22(16-23)10-6-3-7-11-22/h4-5,8-9,17-18H,3,6-7,10-16,23H2,1-2H3,(H,24,26). The van der Waals surface area contributed by atoms with Crippen molar-refractivity contribution in [3.8, 4) is 0 Å². The van der Waals surface area contributed by atoms with Crippen LogP contribution < -0.4 is 11.1 Å². The fourth-order valence-electron chi connectivity index (χ4n) is 4.72. The van der Waals surface area contributed by atoms with Crippen LogP contribution in [0.2, 0.25) is 0 Å². The zero-order valence-electron chi connectivity index (χ0n) is 16.9. The van der Waals surface area contributed by atoms with E-state index in [1.54, 1.807) is 0 Å². The maximum atomic E-state index is 12.8. The summed E-state index contributed by atoms with van der Waals surface area (Å²) in [7, 11) is 0. The third-order valence-corrected chi connectivity index (χ3v) is 6.06. The lowest BCUT2D eigenvalue weighted by Gasteiger charge is -2.36. The van der Waals surface area contributed by atoms with Gasteiger partial charge in [0, 0.05) is 31.7 Å². The molecule has 2 unspecified atom stereocenters. The molecule has 0 aromatic heterocycles. The number of ether oxygens (including phenoxy) is 1. The third kappa shape index (κ3) is 5.53. The highest BCUT2D eigenvalue weighted by molar-refractivity contribution is 5.92. The Morgan fingerprint density at radius 3 is 2.52 bits per heavy atom. The number of nitrogens with zero attached hydrogens (tertiary/aromatic N) is 1. The van der Waals surface area contributed by atoms with Crippen LogP contribution >= 0.6 is 0 Å². The average Bonchev–Trinajstić information content (AvgIpc) is 2.63. The number of carbonyl (C=O) groups is 1. The number of morpholine rings is 1. The molecule has 2 atom stereocenters. The van der Waals surface area contributed by atoms with Crippen molar-refractivity contribution >= 4 is 11.6 Å². The molecule has 1 saturated carbocycles. The highest BCUT2D eigenvalue weighted by Crippen LogP contribution is 2.38. The van der Waals surface area contributed by atoms with Gasteiger partial charge in [0.2, 0.25) is 5.91 Å². The van der Waals surface area contributed by atoms with E-state index in [0.29, 0.717) is 13.0 Å². The van der Waals surface area contributed by atoms with Gasteiger partial charge in [-0.25, -0.2) is 0 Å². The van der Waals surface area contributed by atoms with Crippen LogP contribution in [0, 0.1) is 5.41 Å². The van der Waals surface area contributed by atoms with Crippen LogP contribution in [0.25, 0.3) is 0 Å². The van der Waals surface area contributed by atoms with Crippen molar-refractivity contribution in [3.05, 3.63) is 29.8 Å². The van der Waals surface area contributed by atoms with E-state index < -0.39 is 0 Å². The van der Waals surface area contributed by atoms with Crippen molar-refractivity contribution in [2.75, 3.05) is 25.0 Å². The van der Waals surface area contributed by atoms with Crippen molar-refractivity contribution < 1.29 is 9.53 Å². The first-order valence-electron chi connectivity index (χ1n) is 10.5. The molecule has 0 bridgehead atoms. The molecule has 150 valence electrons. The Morgan fingerprint density at radius 1 is 1.19 bits per heavy atom. The molecular formula is C22H35N3O2. The Hall–Kier alpha value is -1.43. The van der Waals surface area contributed by atoms with E-state index in [0.717, 1.165) is 43.7 Å². The van der Waals surface area contributed by atoms with Crippen LogP contribution in [0.5, 0.6) is 0 Å². The minimum atomic E-state index is -0.00759. The van der Waals surface area contributed by atoms with Crippen LogP contribution in [-0.2, 0) is 16.1 Å². The molecule has 0 radical (unpaired) electrons. The van der Waals surface area contributed by atoms with Gasteiger partial charge in [0.05, 0.1) is 12.2 Å². The Bertz CT molecular complexity index is 618. The first kappa shape index (κ1) is 20.3. The summed E-state index contributed by atoms with van der Waals surface area (Å²) < 4.78 is 5.83. The molecule has 1 aliphatic heterocycles. The number of carbonyl (C=O) groups excluding carboxylic acids is 1. The first-order valence-corrected chi connectivity index (χ1v) is 10.5. The molecule has 1 saturated heterocycles. The second-order valence-electron chi connectivity index (χ2n) is 8.60. The van der Waals surface area contributed by atoms with E-state index in [2.05, 4.69) is 30.1 Å². The van der Waals surface area contributed by atoms with Crippen LogP contribution in [-0.4, -0.2) is 42.6 Å². The van der Waals surface area contributed by atoms with Gasteiger partial charge in [0.15, 0.2) is 0 Å². The van der Waals surface area contributed by atoms with Gasteiger partial charge in [-0.2, -0.15) is 0 Å². The summed E-state index contributed by atoms with van der Waals surface area (Å²) >= 11 is 0. The van der Waals surface area contributed by atoms with Crippen molar-refractivity contribution in [3.63, 3.8) is 0 Å². The van der Waals surface area contributed by atoms with Gasteiger partial charge in [-0.3, -0.25) is 9.69 Å². The van der Waals surface area contributed by atoms with Gasteiger partial charge in [0.25, 0.3) is 0 Å². The highest BCUT2D eigenvalue weighted by Gasteiger charge is 2.33. The minimum absolute atomic E-state index is 0.00759. The van der Waals surface area contributed by atoms with Crippen LogP contribution in [0.1, 0.15) is 57.9 Å². The predicted molar refractivity (Wildman–Crippen MR) is 110 cm³/mol. The van der Waals surface area contributed by atoms with Gasteiger partial charge in [-0.1, -0.05) is 37.5 Å². The molecule has 5 heteroatoms. The van der Waals surface area contributed by atoms with E-state index in [4.69, 9.17) is 10.5 Å². The number of para-hydroxylation sites is 1. The quantitative estimate of drug-likeness (QED) is 0.800. The molecule has 3 rings (SSSR count). The largest absolute Gasteiger partial charge is 0.373 e. The SMILES string of the molecule is CC1CN(Cc2ccccc2NC(=O)CC2(CN)CCCCC2)CC(C)O1. The molecule has 27 heavy (non-hydrogen) atoms. The molecule has 2 aliphatic rings. The van der Waals surface area contributed by atoms with Crippen molar-refractivity contribution in [1.82, 2.24) is 4.90 Å². The molecular weight excluding hydrogens is 338 g/mol. The summed E-state index contributed by atoms with van der Waals surface area (Å²) in [6.45, 7) is 7.51. The number of nitrogens with one attached hydrogen (secondary N) is 1. The van der Waals surface area contributed by atoms with E-state index >= 15 is 0 Å². The molecule has 1 aromatic carbocycles. The Balaban J connectivity index is 1.64. The fraction of sp³-hybridized carbons (Fsp3) is 0.682. The zero-order chi connectivity index (χ0) is 19.3. The number of hydrogen-bond acceptors (Lipinski definition) is 4. The smallest absolute Gasteiger partial charge is 0.224 e. The van der Waals surface area contributed by atoms with E-state index in [1.165, 1.54) is 19.3 Å². The van der Waals surface area contributed by atoms with Gasteiger partial charge in [-0.05, 0) is 50.3 Å². The fourth-order valence-corrected chi connectivity index (χ4v) is 4.72. The number of benzene rings is 1. The first-order chi connectivity index (χ1) is 13.0. The molecule has 3 N–H and O–H groups in total. The van der Waals surface area contributed by atoms with Gasteiger partial charge < -0.3 is 15.8 Å². The summed E-state index contributed by atoms with van der Waals surface area (Å²) in [6, 6.07) is 8.15. The number of hydrogen-bond donors (Lipinski definition) is 2. The van der Waals surface area contributed by atoms with Crippen molar-refractivity contribution in [1.29, 1.82) is 0 Å². The van der Waals surface area contributed by atoms with Gasteiger partial charge in [0.1, 0.15) is 0 Å². The molecule has 0 spiro atoms. The van der Waals surface area contributed by atoms with E-state index in [-0.39, 0.29) is 23.5 Å². The molecule has 1 heterocycles. The zero-order valence-corrected chi connectivity index (χ0v) is 16.9. The Labute approximate surface area is 163 Å². The van der Waals surface area contributed by atoms with Crippen LogP contribution in [0.4, 0.5) is 5.69 Å². The monoisotopic (exact) mass is 373 g/mol. The minimum Gasteiger partial charge on any atom is -0.373 e. The third-order valence-electron chi connectivity index (χ3n) is 6.06. The highest BCUT2D eigenvalue weighted by atomic mass is 16.5. The normalized spacial score (nSPS) is 25.9. The number of nitrogens with two attached hydrogens (primary N) is 1. The van der Waals surface area contributed by atoms with Crippen LogP contribution in [0.15, 0.2) is 24.3 Å². The number of anilines is 1. The predicted octanol–water partition coefficient (Wildman–Crippen LogP) is 3.53. The summed E-state index contributed by atoms with van der Waals surface area (Å²) in [5.74, 6) is 0.0958. The molecule has 2 fully saturated rings. The number of rotatable bonds is 6. The van der Waals surface area contributed by atoms with Crippen molar-refractivity contribution in [2.24, 2.45) is 11.1 Å².